The summed E-state index contributed by atoms with van der Waals surface area (Å²) in [4.78, 5) is 15.5. The number of anilines is 1. The van der Waals surface area contributed by atoms with E-state index in [-0.39, 0.29) is 0 Å². The fraction of sp³-hybridized carbons (Fsp3) is 0.632. The second-order valence-electron chi connectivity index (χ2n) is 7.80. The van der Waals surface area contributed by atoms with E-state index in [0.29, 0.717) is 5.92 Å². The fourth-order valence-corrected chi connectivity index (χ4v) is 3.79. The molecule has 2 saturated carbocycles. The monoisotopic (exact) mass is 339 g/mol. The Kier molecular flexibility index (Phi) is 3.93. The summed E-state index contributed by atoms with van der Waals surface area (Å²) >= 11 is 0. The Hall–Kier alpha value is -1.95. The van der Waals surface area contributed by atoms with Crippen LogP contribution in [0.5, 0.6) is 0 Å². The highest BCUT2D eigenvalue weighted by Gasteiger charge is 2.33. The van der Waals surface area contributed by atoms with Gasteiger partial charge in [-0.1, -0.05) is 0 Å². The highest BCUT2D eigenvalue weighted by Crippen LogP contribution is 2.36. The lowest BCUT2D eigenvalue weighted by Gasteiger charge is -2.34. The molecular weight excluding hydrogens is 314 g/mol. The summed E-state index contributed by atoms with van der Waals surface area (Å²) in [5, 5.41) is 0. The lowest BCUT2D eigenvalue weighted by atomic mass is 9.98. The predicted octanol–water partition coefficient (Wildman–Crippen LogP) is 2.61. The van der Waals surface area contributed by atoms with Crippen molar-refractivity contribution < 1.29 is 4.74 Å². The highest BCUT2D eigenvalue weighted by atomic mass is 16.5. The minimum Gasteiger partial charge on any atom is -0.380 e. The van der Waals surface area contributed by atoms with Crippen molar-refractivity contribution in [1.29, 1.82) is 0 Å². The average molecular weight is 339 g/mol. The third kappa shape index (κ3) is 3.40. The Balaban J connectivity index is 1.38. The molecule has 0 N–H and O–H groups in total. The first kappa shape index (κ1) is 15.3. The number of rotatable bonds is 7. The van der Waals surface area contributed by atoms with Crippen LogP contribution >= 0.6 is 0 Å². The van der Waals surface area contributed by atoms with Gasteiger partial charge in [-0.3, -0.25) is 0 Å². The number of hydrogen-bond donors (Lipinski definition) is 0. The molecule has 0 bridgehead atoms. The van der Waals surface area contributed by atoms with Crippen molar-refractivity contribution >= 4 is 5.82 Å². The summed E-state index contributed by atoms with van der Waals surface area (Å²) in [5.74, 6) is 2.99. The van der Waals surface area contributed by atoms with Crippen molar-refractivity contribution in [3.8, 4) is 0 Å². The molecule has 25 heavy (non-hydrogen) atoms. The zero-order valence-corrected chi connectivity index (χ0v) is 14.5. The second-order valence-corrected chi connectivity index (χ2v) is 7.80. The van der Waals surface area contributed by atoms with Gasteiger partial charge in [-0.15, -0.1) is 0 Å². The fourth-order valence-electron chi connectivity index (χ4n) is 3.79. The van der Waals surface area contributed by atoms with Crippen molar-refractivity contribution in [1.82, 2.24) is 19.5 Å². The molecule has 1 aliphatic heterocycles. The smallest absolute Gasteiger partial charge is 0.132 e. The van der Waals surface area contributed by atoms with Gasteiger partial charge in [0.15, 0.2) is 0 Å². The van der Waals surface area contributed by atoms with Crippen LogP contribution in [0.1, 0.15) is 43.0 Å². The van der Waals surface area contributed by atoms with Crippen molar-refractivity contribution in [2.75, 3.05) is 24.7 Å². The average Bonchev–Trinajstić information content (AvgIpc) is 3.56. The quantitative estimate of drug-likeness (QED) is 0.776. The molecule has 2 aliphatic carbocycles. The van der Waals surface area contributed by atoms with Crippen LogP contribution in [0.4, 0.5) is 5.82 Å². The zero-order valence-electron chi connectivity index (χ0n) is 14.5. The van der Waals surface area contributed by atoms with Crippen LogP contribution in [0, 0.1) is 11.8 Å². The van der Waals surface area contributed by atoms with Crippen molar-refractivity contribution in [2.45, 2.75) is 44.7 Å². The Labute approximate surface area is 148 Å². The number of imidazole rings is 1. The Morgan fingerprint density at radius 1 is 1.08 bits per heavy atom. The Bertz CT molecular complexity index is 723. The summed E-state index contributed by atoms with van der Waals surface area (Å²) < 4.78 is 8.48. The largest absolute Gasteiger partial charge is 0.380 e. The van der Waals surface area contributed by atoms with Gasteiger partial charge in [-0.25, -0.2) is 15.0 Å². The molecule has 6 nitrogen and oxygen atoms in total. The van der Waals surface area contributed by atoms with Gasteiger partial charge in [0.2, 0.25) is 0 Å². The molecule has 0 spiro atoms. The number of ether oxygens (including phenoxy) is 1. The molecule has 0 amide bonds. The van der Waals surface area contributed by atoms with E-state index in [0.717, 1.165) is 50.5 Å². The summed E-state index contributed by atoms with van der Waals surface area (Å²) in [7, 11) is 0. The normalized spacial score (nSPS) is 22.9. The summed E-state index contributed by atoms with van der Waals surface area (Å²) in [6.07, 6.45) is 10.9. The van der Waals surface area contributed by atoms with Gasteiger partial charge in [0.1, 0.15) is 12.1 Å². The summed E-state index contributed by atoms with van der Waals surface area (Å²) in [6.45, 7) is 4.57. The highest BCUT2D eigenvalue weighted by molar-refractivity contribution is 5.42. The van der Waals surface area contributed by atoms with E-state index >= 15 is 0 Å². The van der Waals surface area contributed by atoms with Crippen molar-refractivity contribution in [2.24, 2.45) is 11.8 Å². The van der Waals surface area contributed by atoms with E-state index in [1.165, 1.54) is 37.1 Å². The molecule has 3 aliphatic rings. The lowest BCUT2D eigenvalue weighted by Crippen LogP contribution is -2.37. The van der Waals surface area contributed by atoms with Gasteiger partial charge in [0.25, 0.3) is 0 Å². The van der Waals surface area contributed by atoms with Crippen LogP contribution in [-0.2, 0) is 17.8 Å². The minimum absolute atomic E-state index is 0.360. The molecule has 132 valence electrons. The van der Waals surface area contributed by atoms with Crippen molar-refractivity contribution in [3.63, 3.8) is 0 Å². The molecule has 6 heteroatoms. The third-order valence-corrected chi connectivity index (χ3v) is 5.54. The van der Waals surface area contributed by atoms with Crippen LogP contribution < -0.4 is 4.90 Å². The maximum atomic E-state index is 6.08. The molecule has 5 rings (SSSR count). The van der Waals surface area contributed by atoms with Crippen LogP contribution in [-0.4, -0.2) is 39.3 Å². The first-order valence-corrected chi connectivity index (χ1v) is 9.49. The van der Waals surface area contributed by atoms with E-state index in [9.17, 15) is 0 Å². The first-order valence-electron chi connectivity index (χ1n) is 9.49. The zero-order chi connectivity index (χ0) is 16.6. The maximum Gasteiger partial charge on any atom is 0.132 e. The molecule has 0 radical (unpaired) electrons. The third-order valence-electron chi connectivity index (χ3n) is 5.54. The van der Waals surface area contributed by atoms with E-state index in [1.807, 2.05) is 18.6 Å². The molecule has 2 aromatic heterocycles. The summed E-state index contributed by atoms with van der Waals surface area (Å²) in [6, 6.07) is 1.98. The molecule has 0 aromatic carbocycles. The predicted molar refractivity (Wildman–Crippen MR) is 94.3 cm³/mol. The first-order chi connectivity index (χ1) is 12.4. The number of aromatic nitrogens is 4. The topological polar surface area (TPSA) is 56.1 Å². The molecule has 1 atom stereocenters. The van der Waals surface area contributed by atoms with E-state index in [4.69, 9.17) is 9.72 Å². The van der Waals surface area contributed by atoms with E-state index < -0.39 is 0 Å². The standard InChI is InChI=1S/C19H25N5O/c1-2-14(1)7-24-13-22-17-9-23(18-5-6-20-12-21-18)8-16(19(17)24)11-25-10-15-3-4-15/h5-6,12-16H,1-4,7-11H2/t16-/m1/s1. The van der Waals surface area contributed by atoms with Gasteiger partial charge in [0.05, 0.1) is 25.2 Å². The molecule has 3 heterocycles. The molecular formula is C19H25N5O. The van der Waals surface area contributed by atoms with Gasteiger partial charge < -0.3 is 14.2 Å². The maximum absolute atomic E-state index is 6.08. The molecule has 0 unspecified atom stereocenters. The van der Waals surface area contributed by atoms with Crippen LogP contribution in [0.2, 0.25) is 0 Å². The lowest BCUT2D eigenvalue weighted by molar-refractivity contribution is 0.108. The van der Waals surface area contributed by atoms with Gasteiger partial charge >= 0.3 is 0 Å². The molecule has 2 fully saturated rings. The number of nitrogens with zero attached hydrogens (tertiary/aromatic N) is 5. The van der Waals surface area contributed by atoms with Crippen LogP contribution in [0.15, 0.2) is 24.9 Å². The van der Waals surface area contributed by atoms with Gasteiger partial charge in [-0.2, -0.15) is 0 Å². The van der Waals surface area contributed by atoms with Crippen LogP contribution in [0.25, 0.3) is 0 Å². The number of fused-ring (bicyclic) bond motifs is 1. The van der Waals surface area contributed by atoms with Crippen molar-refractivity contribution in [3.05, 3.63) is 36.3 Å². The Morgan fingerprint density at radius 3 is 2.72 bits per heavy atom. The number of hydrogen-bond acceptors (Lipinski definition) is 5. The van der Waals surface area contributed by atoms with Crippen LogP contribution in [0.3, 0.4) is 0 Å². The van der Waals surface area contributed by atoms with Gasteiger partial charge in [-0.05, 0) is 43.6 Å². The molecule has 2 aromatic rings. The molecule has 0 saturated heterocycles. The van der Waals surface area contributed by atoms with E-state index in [2.05, 4.69) is 19.4 Å². The second kappa shape index (κ2) is 6.41. The van der Waals surface area contributed by atoms with E-state index in [1.54, 1.807) is 6.33 Å². The minimum atomic E-state index is 0.360. The van der Waals surface area contributed by atoms with Gasteiger partial charge in [0, 0.05) is 37.5 Å². The SMILES string of the molecule is c1cc(N2Cc3ncn(CC4CC4)c3[C@@H](COCC3CC3)C2)ncn1. The summed E-state index contributed by atoms with van der Waals surface area (Å²) in [5.41, 5.74) is 2.58. The Morgan fingerprint density at radius 2 is 1.96 bits per heavy atom.